The molecule has 2 amide bonds. The summed E-state index contributed by atoms with van der Waals surface area (Å²) in [6, 6.07) is 12.0. The van der Waals surface area contributed by atoms with Crippen molar-refractivity contribution in [1.82, 2.24) is 0 Å². The Balaban J connectivity index is 1.65. The van der Waals surface area contributed by atoms with Crippen LogP contribution in [0.2, 0.25) is 5.02 Å². The van der Waals surface area contributed by atoms with Crippen molar-refractivity contribution in [3.8, 4) is 0 Å². The standard InChI is InChI=1S/C19H15ClN2O3S/c1-11(23)12-2-5-14(6-3-12)21-18(25)19-9-8-17(24)22(19)15-10-13(20)4-7-16(15)26-19/h2-7,10H,8-9H2,1H3,(H,21,25)/t19-/m1/s1. The Kier molecular flexibility index (Phi) is 4.04. The average molecular weight is 387 g/mol. The van der Waals surface area contributed by atoms with E-state index in [2.05, 4.69) is 5.32 Å². The van der Waals surface area contributed by atoms with E-state index in [1.807, 2.05) is 6.07 Å². The smallest absolute Gasteiger partial charge is 0.261 e. The number of anilines is 2. The van der Waals surface area contributed by atoms with Crippen LogP contribution in [0.25, 0.3) is 0 Å². The van der Waals surface area contributed by atoms with Crippen molar-refractivity contribution in [3.05, 3.63) is 53.1 Å². The molecule has 0 aromatic heterocycles. The number of fused-ring (bicyclic) bond motifs is 3. The van der Waals surface area contributed by atoms with Gasteiger partial charge in [-0.05, 0) is 55.8 Å². The first-order valence-electron chi connectivity index (χ1n) is 8.15. The second-order valence-electron chi connectivity index (χ2n) is 6.32. The molecule has 0 saturated carbocycles. The normalized spacial score (nSPS) is 20.7. The van der Waals surface area contributed by atoms with Gasteiger partial charge in [0.25, 0.3) is 5.91 Å². The number of nitrogens with zero attached hydrogens (tertiary/aromatic N) is 1. The van der Waals surface area contributed by atoms with Gasteiger partial charge in [-0.25, -0.2) is 0 Å². The zero-order valence-electron chi connectivity index (χ0n) is 13.9. The quantitative estimate of drug-likeness (QED) is 0.806. The molecule has 2 aromatic rings. The second-order valence-corrected chi connectivity index (χ2v) is 8.07. The monoisotopic (exact) mass is 386 g/mol. The van der Waals surface area contributed by atoms with Crippen LogP contribution in [-0.4, -0.2) is 22.5 Å². The lowest BCUT2D eigenvalue weighted by atomic mass is 10.1. The van der Waals surface area contributed by atoms with E-state index in [1.165, 1.54) is 18.7 Å². The summed E-state index contributed by atoms with van der Waals surface area (Å²) in [5.41, 5.74) is 1.85. The summed E-state index contributed by atoms with van der Waals surface area (Å²) in [5.74, 6) is -0.371. The van der Waals surface area contributed by atoms with Crippen LogP contribution in [0, 0.1) is 0 Å². The van der Waals surface area contributed by atoms with Crippen LogP contribution in [0.15, 0.2) is 47.4 Å². The number of amides is 2. The molecule has 0 bridgehead atoms. The van der Waals surface area contributed by atoms with E-state index in [1.54, 1.807) is 41.3 Å². The zero-order chi connectivity index (χ0) is 18.5. The molecule has 0 spiro atoms. The molecule has 2 heterocycles. The van der Waals surface area contributed by atoms with Gasteiger partial charge in [0.15, 0.2) is 10.7 Å². The van der Waals surface area contributed by atoms with Crippen molar-refractivity contribution in [2.45, 2.75) is 29.5 Å². The minimum absolute atomic E-state index is 0.0345. The van der Waals surface area contributed by atoms with Gasteiger partial charge in [0.1, 0.15) is 0 Å². The third-order valence-corrected chi connectivity index (χ3v) is 6.34. The van der Waals surface area contributed by atoms with E-state index in [4.69, 9.17) is 11.6 Å². The van der Waals surface area contributed by atoms with Gasteiger partial charge in [-0.1, -0.05) is 23.4 Å². The Morgan fingerprint density at radius 1 is 1.19 bits per heavy atom. The maximum Gasteiger partial charge on any atom is 0.261 e. The molecule has 5 nitrogen and oxygen atoms in total. The molecule has 1 atom stereocenters. The predicted molar refractivity (Wildman–Crippen MR) is 102 cm³/mol. The molecule has 2 aliphatic rings. The number of carbonyl (C=O) groups excluding carboxylic acids is 3. The number of hydrogen-bond donors (Lipinski definition) is 1. The topological polar surface area (TPSA) is 66.5 Å². The van der Waals surface area contributed by atoms with Gasteiger partial charge in [0.2, 0.25) is 5.91 Å². The Bertz CT molecular complexity index is 944. The van der Waals surface area contributed by atoms with E-state index in [0.717, 1.165) is 4.90 Å². The zero-order valence-corrected chi connectivity index (χ0v) is 15.5. The Morgan fingerprint density at radius 2 is 1.92 bits per heavy atom. The summed E-state index contributed by atoms with van der Waals surface area (Å²) < 4.78 is 0. The highest BCUT2D eigenvalue weighted by Gasteiger charge is 2.57. The van der Waals surface area contributed by atoms with Crippen molar-refractivity contribution in [3.63, 3.8) is 0 Å². The van der Waals surface area contributed by atoms with Crippen LogP contribution >= 0.6 is 23.4 Å². The second kappa shape index (κ2) is 6.14. The predicted octanol–water partition coefficient (Wildman–Crippen LogP) is 4.11. The van der Waals surface area contributed by atoms with Crippen LogP contribution < -0.4 is 10.2 Å². The van der Waals surface area contributed by atoms with Gasteiger partial charge >= 0.3 is 0 Å². The van der Waals surface area contributed by atoms with E-state index in [9.17, 15) is 14.4 Å². The van der Waals surface area contributed by atoms with Gasteiger partial charge in [0, 0.05) is 27.6 Å². The van der Waals surface area contributed by atoms with Crippen molar-refractivity contribution in [2.24, 2.45) is 0 Å². The number of thioether (sulfide) groups is 1. The van der Waals surface area contributed by atoms with E-state index >= 15 is 0 Å². The maximum atomic E-state index is 13.1. The third-order valence-electron chi connectivity index (χ3n) is 4.63. The Hall–Kier alpha value is -2.31. The van der Waals surface area contributed by atoms with E-state index in [-0.39, 0.29) is 17.6 Å². The van der Waals surface area contributed by atoms with Crippen molar-refractivity contribution in [2.75, 3.05) is 10.2 Å². The van der Waals surface area contributed by atoms with Crippen LogP contribution in [0.5, 0.6) is 0 Å². The lowest BCUT2D eigenvalue weighted by molar-refractivity contribution is -0.121. The van der Waals surface area contributed by atoms with Crippen molar-refractivity contribution in [1.29, 1.82) is 0 Å². The minimum Gasteiger partial charge on any atom is -0.323 e. The number of ketones is 1. The highest BCUT2D eigenvalue weighted by atomic mass is 35.5. The molecule has 2 aliphatic heterocycles. The molecule has 132 valence electrons. The molecule has 1 N–H and O–H groups in total. The number of hydrogen-bond acceptors (Lipinski definition) is 4. The molecule has 7 heteroatoms. The first kappa shape index (κ1) is 17.1. The molecule has 0 unspecified atom stereocenters. The molecule has 4 rings (SSSR count). The first-order chi connectivity index (χ1) is 12.4. The SMILES string of the molecule is CC(=O)c1ccc(NC(=O)[C@]23CCC(=O)N2c2cc(Cl)ccc2S3)cc1. The van der Waals surface area contributed by atoms with Gasteiger partial charge in [0.05, 0.1) is 5.69 Å². The van der Waals surface area contributed by atoms with Gasteiger partial charge in [-0.3, -0.25) is 19.3 Å². The molecular weight excluding hydrogens is 372 g/mol. The Morgan fingerprint density at radius 3 is 2.62 bits per heavy atom. The lowest BCUT2D eigenvalue weighted by Gasteiger charge is -2.29. The lowest BCUT2D eigenvalue weighted by Crippen LogP contribution is -2.49. The fourth-order valence-corrected chi connectivity index (χ4v) is 4.90. The van der Waals surface area contributed by atoms with Crippen LogP contribution in [-0.2, 0) is 9.59 Å². The summed E-state index contributed by atoms with van der Waals surface area (Å²) in [6.07, 6.45) is 0.746. The molecular formula is C19H15ClN2O3S. The number of halogens is 1. The summed E-state index contributed by atoms with van der Waals surface area (Å²) in [4.78, 5) is 38.4. The largest absolute Gasteiger partial charge is 0.323 e. The molecule has 0 aliphatic carbocycles. The maximum absolute atomic E-state index is 13.1. The fraction of sp³-hybridized carbons (Fsp3) is 0.211. The van der Waals surface area contributed by atoms with Crippen molar-refractivity contribution < 1.29 is 14.4 Å². The highest BCUT2D eigenvalue weighted by Crippen LogP contribution is 2.56. The van der Waals surface area contributed by atoms with E-state index < -0.39 is 4.87 Å². The van der Waals surface area contributed by atoms with Crippen LogP contribution in [0.3, 0.4) is 0 Å². The van der Waals surface area contributed by atoms with Gasteiger partial charge < -0.3 is 5.32 Å². The average Bonchev–Trinajstić information content (AvgIpc) is 3.11. The highest BCUT2D eigenvalue weighted by molar-refractivity contribution is 8.02. The molecule has 0 radical (unpaired) electrons. The number of benzene rings is 2. The molecule has 26 heavy (non-hydrogen) atoms. The molecule has 1 fully saturated rings. The number of rotatable bonds is 3. The number of Topliss-reactive ketones (excluding diaryl/α,β-unsaturated/α-hetero) is 1. The van der Waals surface area contributed by atoms with Gasteiger partial charge in [-0.15, -0.1) is 0 Å². The van der Waals surface area contributed by atoms with Gasteiger partial charge in [-0.2, -0.15) is 0 Å². The van der Waals surface area contributed by atoms with Crippen LogP contribution in [0.1, 0.15) is 30.1 Å². The Labute approximate surface area is 159 Å². The summed E-state index contributed by atoms with van der Waals surface area (Å²) >= 11 is 7.46. The third kappa shape index (κ3) is 2.61. The first-order valence-corrected chi connectivity index (χ1v) is 9.34. The molecule has 1 saturated heterocycles. The fourth-order valence-electron chi connectivity index (χ4n) is 3.34. The number of nitrogens with one attached hydrogen (secondary N) is 1. The summed E-state index contributed by atoms with van der Waals surface area (Å²) in [5, 5.41) is 3.41. The van der Waals surface area contributed by atoms with Crippen LogP contribution in [0.4, 0.5) is 11.4 Å². The van der Waals surface area contributed by atoms with E-state index in [0.29, 0.717) is 34.8 Å². The summed E-state index contributed by atoms with van der Waals surface area (Å²) in [7, 11) is 0. The molecule has 2 aromatic carbocycles. The van der Waals surface area contributed by atoms with Crippen molar-refractivity contribution >= 4 is 52.3 Å². The number of carbonyl (C=O) groups is 3. The minimum atomic E-state index is -0.997. The summed E-state index contributed by atoms with van der Waals surface area (Å²) in [6.45, 7) is 1.49.